The van der Waals surface area contributed by atoms with Gasteiger partial charge in [-0.15, -0.1) is 0 Å². The number of allylic oxidation sites excluding steroid dienone is 2. The van der Waals surface area contributed by atoms with E-state index in [-0.39, 0.29) is 30.3 Å². The first-order valence-electron chi connectivity index (χ1n) is 14.0. The molecule has 0 aliphatic heterocycles. The van der Waals surface area contributed by atoms with Crippen molar-refractivity contribution in [3.05, 3.63) is 23.0 Å². The minimum absolute atomic E-state index is 0.0259. The van der Waals surface area contributed by atoms with Gasteiger partial charge in [0, 0.05) is 11.5 Å². The van der Waals surface area contributed by atoms with E-state index in [9.17, 15) is 29.7 Å². The first kappa shape index (κ1) is 29.5. The maximum Gasteiger partial charge on any atom is 0.508 e. The monoisotopic (exact) mass is 552 g/mol. The largest absolute Gasteiger partial charge is 0.508 e. The van der Waals surface area contributed by atoms with Gasteiger partial charge < -0.3 is 29.5 Å². The maximum absolute atomic E-state index is 18.1. The number of aliphatic carboxylic acids is 1. The number of aliphatic hydroxyl groups excluding tert-OH is 2. The summed E-state index contributed by atoms with van der Waals surface area (Å²) in [4.78, 5) is 38.1. The number of rotatable bonds is 8. The van der Waals surface area contributed by atoms with Crippen molar-refractivity contribution in [2.75, 3.05) is 13.4 Å². The lowest BCUT2D eigenvalue weighted by Crippen LogP contribution is -2.69. The van der Waals surface area contributed by atoms with Gasteiger partial charge >= 0.3 is 12.1 Å². The Kier molecular flexibility index (Phi) is 7.70. The van der Waals surface area contributed by atoms with Crippen LogP contribution in [0, 0.1) is 28.1 Å². The van der Waals surface area contributed by atoms with Crippen molar-refractivity contribution < 1.29 is 48.3 Å². The molecule has 0 heterocycles. The van der Waals surface area contributed by atoms with E-state index in [2.05, 4.69) is 0 Å². The molecule has 39 heavy (non-hydrogen) atoms. The number of aliphatic hydroxyl groups is 2. The van der Waals surface area contributed by atoms with E-state index in [0.29, 0.717) is 44.1 Å². The normalized spacial score (nSPS) is 40.2. The van der Waals surface area contributed by atoms with Crippen LogP contribution in [0.15, 0.2) is 23.0 Å². The second kappa shape index (κ2) is 10.2. The highest BCUT2D eigenvalue weighted by molar-refractivity contribution is 6.05. The number of alkyl halides is 1. The summed E-state index contributed by atoms with van der Waals surface area (Å²) in [6, 6.07) is 0. The maximum atomic E-state index is 18.1. The Morgan fingerprint density at radius 1 is 1.21 bits per heavy atom. The quantitative estimate of drug-likeness (QED) is 0.294. The molecule has 0 aromatic heterocycles. The number of carbonyl (C=O) groups excluding carboxylic acids is 2. The molecule has 0 radical (unpaired) electrons. The Labute approximate surface area is 228 Å². The number of ether oxygens (including phenoxy) is 3. The number of hydrogen-bond donors (Lipinski definition) is 3. The van der Waals surface area contributed by atoms with Crippen molar-refractivity contribution in [2.24, 2.45) is 28.1 Å². The minimum Gasteiger partial charge on any atom is -0.481 e. The van der Waals surface area contributed by atoms with Crippen molar-refractivity contribution in [1.29, 1.82) is 0 Å². The molecule has 3 N–H and O–H groups in total. The van der Waals surface area contributed by atoms with Gasteiger partial charge in [0.2, 0.25) is 5.78 Å². The molecule has 0 aromatic carbocycles. The molecule has 4 aliphatic rings. The molecule has 3 saturated carbocycles. The van der Waals surface area contributed by atoms with Gasteiger partial charge in [-0.05, 0) is 76.7 Å². The third-order valence-electron chi connectivity index (χ3n) is 10.6. The third kappa shape index (κ3) is 3.88. The fourth-order valence-corrected chi connectivity index (χ4v) is 9.00. The van der Waals surface area contributed by atoms with Crippen molar-refractivity contribution in [2.45, 2.75) is 97.4 Å². The Balaban J connectivity index is 1.88. The SMILES string of the molecule is CCC[C@]1(C(=O)O)CCC2C3CCC4=CC(=O)C(OCO)=C(C(C)OC(=O)OCC)[C@]4(C)[C@@]3(F)[C@@H](O)C[C@@]21C. The summed E-state index contributed by atoms with van der Waals surface area (Å²) in [6.45, 7) is 7.68. The van der Waals surface area contributed by atoms with E-state index in [1.165, 1.54) is 13.0 Å². The van der Waals surface area contributed by atoms with Gasteiger partial charge in [0.25, 0.3) is 0 Å². The van der Waals surface area contributed by atoms with E-state index in [1.807, 2.05) is 13.8 Å². The Morgan fingerprint density at radius 2 is 1.90 bits per heavy atom. The van der Waals surface area contributed by atoms with E-state index in [4.69, 9.17) is 14.2 Å². The topological polar surface area (TPSA) is 140 Å². The average Bonchev–Trinajstić information content (AvgIpc) is 3.14. The highest BCUT2D eigenvalue weighted by Crippen LogP contribution is 2.73. The number of fused-ring (bicyclic) bond motifs is 5. The third-order valence-corrected chi connectivity index (χ3v) is 10.6. The molecule has 0 bridgehead atoms. The number of hydrogen-bond acceptors (Lipinski definition) is 8. The molecule has 10 heteroatoms. The molecule has 4 aliphatic carbocycles. The first-order chi connectivity index (χ1) is 18.3. The number of carbonyl (C=O) groups is 3. The molecule has 8 atom stereocenters. The van der Waals surface area contributed by atoms with Crippen LogP contribution in [-0.2, 0) is 23.8 Å². The predicted molar refractivity (Wildman–Crippen MR) is 137 cm³/mol. The van der Waals surface area contributed by atoms with Crippen LogP contribution in [0.2, 0.25) is 0 Å². The Hall–Kier alpha value is -2.46. The number of ketones is 1. The summed E-state index contributed by atoms with van der Waals surface area (Å²) in [5.41, 5.74) is -5.38. The van der Waals surface area contributed by atoms with Crippen LogP contribution in [0.5, 0.6) is 0 Å². The van der Waals surface area contributed by atoms with E-state index < -0.39 is 64.7 Å². The lowest BCUT2D eigenvalue weighted by molar-refractivity contribution is -0.215. The summed E-state index contributed by atoms with van der Waals surface area (Å²) < 4.78 is 33.8. The number of carboxylic acids is 1. The van der Waals surface area contributed by atoms with Crippen LogP contribution in [-0.4, -0.2) is 64.5 Å². The van der Waals surface area contributed by atoms with Crippen LogP contribution in [0.25, 0.3) is 0 Å². The van der Waals surface area contributed by atoms with E-state index >= 15 is 4.39 Å². The molecule has 0 aromatic rings. The van der Waals surface area contributed by atoms with Crippen molar-refractivity contribution >= 4 is 17.9 Å². The van der Waals surface area contributed by atoms with Crippen LogP contribution >= 0.6 is 0 Å². The van der Waals surface area contributed by atoms with Crippen molar-refractivity contribution in [3.8, 4) is 0 Å². The lowest BCUT2D eigenvalue weighted by Gasteiger charge is -2.64. The standard InChI is InChI=1S/C29H41FO9/c1-6-11-28(24(34)35)12-10-18-19-9-8-17-13-20(32)23(38-15-31)22(16(3)39-25(36)37-7-2)27(17,5)29(19,30)21(33)14-26(18,28)4/h13,16,18-19,21,31,33H,6-12,14-15H2,1-5H3,(H,34,35)/t16?,18?,19?,21-,26-,27+,28+,29-/m0/s1. The molecule has 4 rings (SSSR count). The summed E-state index contributed by atoms with van der Waals surface area (Å²) in [6.07, 6.45) is 0.153. The highest BCUT2D eigenvalue weighted by Gasteiger charge is 2.75. The Morgan fingerprint density at radius 3 is 2.49 bits per heavy atom. The van der Waals surface area contributed by atoms with E-state index in [0.717, 1.165) is 0 Å². The molecular weight excluding hydrogens is 511 g/mol. The Bertz CT molecular complexity index is 1100. The smallest absolute Gasteiger partial charge is 0.481 e. The van der Waals surface area contributed by atoms with Gasteiger partial charge in [0.15, 0.2) is 18.2 Å². The van der Waals surface area contributed by atoms with Gasteiger partial charge in [0.05, 0.1) is 23.5 Å². The molecule has 9 nitrogen and oxygen atoms in total. The van der Waals surface area contributed by atoms with Gasteiger partial charge in [0.1, 0.15) is 6.10 Å². The lowest BCUT2D eigenvalue weighted by atomic mass is 9.42. The molecule has 0 spiro atoms. The summed E-state index contributed by atoms with van der Waals surface area (Å²) >= 11 is 0. The second-order valence-corrected chi connectivity index (χ2v) is 12.0. The molecule has 3 fully saturated rings. The number of carboxylic acid groups (broad SMARTS) is 1. The molecule has 0 saturated heterocycles. The molecule has 218 valence electrons. The van der Waals surface area contributed by atoms with Crippen LogP contribution in [0.3, 0.4) is 0 Å². The molecular formula is C29H41FO9. The van der Waals surface area contributed by atoms with Gasteiger partial charge in [-0.25, -0.2) is 9.18 Å². The predicted octanol–water partition coefficient (Wildman–Crippen LogP) is 4.45. The summed E-state index contributed by atoms with van der Waals surface area (Å²) in [7, 11) is 0. The van der Waals surface area contributed by atoms with Gasteiger partial charge in [-0.1, -0.05) is 25.8 Å². The average molecular weight is 553 g/mol. The zero-order valence-corrected chi connectivity index (χ0v) is 23.4. The first-order valence-corrected chi connectivity index (χ1v) is 14.0. The van der Waals surface area contributed by atoms with Crippen LogP contribution < -0.4 is 0 Å². The van der Waals surface area contributed by atoms with Crippen LogP contribution in [0.4, 0.5) is 9.18 Å². The summed E-state index contributed by atoms with van der Waals surface area (Å²) in [5.74, 6) is -2.86. The van der Waals surface area contributed by atoms with Crippen molar-refractivity contribution in [3.63, 3.8) is 0 Å². The molecule has 3 unspecified atom stereocenters. The van der Waals surface area contributed by atoms with E-state index in [1.54, 1.807) is 13.8 Å². The fraction of sp³-hybridized carbons (Fsp3) is 0.759. The van der Waals surface area contributed by atoms with Crippen molar-refractivity contribution in [1.82, 2.24) is 0 Å². The molecule has 0 amide bonds. The highest BCUT2D eigenvalue weighted by atomic mass is 19.1. The number of halogens is 1. The zero-order valence-electron chi connectivity index (χ0n) is 23.4. The second-order valence-electron chi connectivity index (χ2n) is 12.0. The van der Waals surface area contributed by atoms with Gasteiger partial charge in [-0.3, -0.25) is 9.59 Å². The van der Waals surface area contributed by atoms with Gasteiger partial charge in [-0.2, -0.15) is 0 Å². The summed E-state index contributed by atoms with van der Waals surface area (Å²) in [5, 5.41) is 31.8. The fourth-order valence-electron chi connectivity index (χ4n) is 9.00. The minimum atomic E-state index is -2.32. The zero-order chi connectivity index (χ0) is 29.0. The van der Waals surface area contributed by atoms with Crippen LogP contribution in [0.1, 0.15) is 79.6 Å².